The molecule has 35 heavy (non-hydrogen) atoms. The maximum atomic E-state index is 14.2. The van der Waals surface area contributed by atoms with E-state index in [0.717, 1.165) is 27.6 Å². The fourth-order valence-electron chi connectivity index (χ4n) is 4.15. The molecule has 172 valence electrons. The van der Waals surface area contributed by atoms with Crippen molar-refractivity contribution in [3.63, 3.8) is 0 Å². The zero-order chi connectivity index (χ0) is 23.9. The van der Waals surface area contributed by atoms with Gasteiger partial charge in [0.25, 0.3) is 0 Å². The topological polar surface area (TPSA) is 102 Å². The number of rotatable bonds is 5. The molecule has 8 nitrogen and oxygen atoms in total. The third-order valence-electron chi connectivity index (χ3n) is 5.87. The predicted molar refractivity (Wildman–Crippen MR) is 131 cm³/mol. The molecule has 0 bridgehead atoms. The van der Waals surface area contributed by atoms with Crippen molar-refractivity contribution >= 4 is 22.1 Å². The number of hydrogen-bond donors (Lipinski definition) is 2. The van der Waals surface area contributed by atoms with E-state index in [4.69, 9.17) is 14.5 Å². The third kappa shape index (κ3) is 3.63. The summed E-state index contributed by atoms with van der Waals surface area (Å²) in [5.41, 5.74) is 5.97. The molecule has 6 rings (SSSR count). The first-order valence-electron chi connectivity index (χ1n) is 10.8. The summed E-state index contributed by atoms with van der Waals surface area (Å²) in [7, 11) is 3.12. The van der Waals surface area contributed by atoms with Gasteiger partial charge in [0, 0.05) is 35.0 Å². The highest BCUT2D eigenvalue weighted by Gasteiger charge is 2.17. The Morgan fingerprint density at radius 2 is 1.71 bits per heavy atom. The lowest BCUT2D eigenvalue weighted by Gasteiger charge is -2.06. The maximum absolute atomic E-state index is 14.2. The molecule has 0 saturated carbocycles. The molecule has 4 heterocycles. The summed E-state index contributed by atoms with van der Waals surface area (Å²) < 4.78 is 24.7. The number of aromatic nitrogens is 6. The Balaban J connectivity index is 1.48. The van der Waals surface area contributed by atoms with E-state index in [9.17, 15) is 4.39 Å². The predicted octanol–water partition coefficient (Wildman–Crippen LogP) is 5.39. The lowest BCUT2D eigenvalue weighted by Crippen LogP contribution is -1.88. The Hall–Kier alpha value is -4.79. The van der Waals surface area contributed by atoms with Crippen molar-refractivity contribution in [3.8, 4) is 45.3 Å². The molecule has 0 saturated heterocycles. The van der Waals surface area contributed by atoms with E-state index in [2.05, 4.69) is 25.1 Å². The molecule has 2 N–H and O–H groups in total. The summed E-state index contributed by atoms with van der Waals surface area (Å²) in [5.74, 6) is 1.27. The zero-order valence-electron chi connectivity index (χ0n) is 18.8. The molecule has 0 unspecified atom stereocenters. The fraction of sp³-hybridized carbons (Fsp3) is 0.0769. The summed E-state index contributed by atoms with van der Waals surface area (Å²) in [5, 5.41) is 8.46. The minimum Gasteiger partial charge on any atom is -0.497 e. The number of ether oxygens (including phenoxy) is 2. The second kappa shape index (κ2) is 8.21. The van der Waals surface area contributed by atoms with E-state index in [0.29, 0.717) is 39.7 Å². The van der Waals surface area contributed by atoms with Gasteiger partial charge in [-0.25, -0.2) is 14.4 Å². The number of pyridine rings is 2. The standard InChI is InChI=1S/C26H19FN6O2/c1-34-18-8-15(7-17(27)11-18)20-5-6-29-25-23(20)30-26(31-25)24-21-10-14(3-4-22(21)32-33-24)16-9-19(35-2)13-28-12-16/h3-13H,1-2H3,(H,32,33)(H,29,30,31). The van der Waals surface area contributed by atoms with Gasteiger partial charge < -0.3 is 14.5 Å². The van der Waals surface area contributed by atoms with Crippen LogP contribution in [0.2, 0.25) is 0 Å². The molecular formula is C26H19FN6O2. The number of fused-ring (bicyclic) bond motifs is 2. The number of halogens is 1. The Labute approximate surface area is 198 Å². The minimum atomic E-state index is -0.391. The summed E-state index contributed by atoms with van der Waals surface area (Å²) in [6.07, 6.45) is 5.11. The summed E-state index contributed by atoms with van der Waals surface area (Å²) >= 11 is 0. The molecular weight excluding hydrogens is 447 g/mol. The molecule has 0 radical (unpaired) electrons. The number of methoxy groups -OCH3 is 2. The van der Waals surface area contributed by atoms with Crippen LogP contribution in [0.5, 0.6) is 11.5 Å². The number of imidazole rings is 1. The van der Waals surface area contributed by atoms with Gasteiger partial charge in [0.1, 0.15) is 28.5 Å². The fourth-order valence-corrected chi connectivity index (χ4v) is 4.15. The molecule has 0 amide bonds. The first-order chi connectivity index (χ1) is 17.1. The Morgan fingerprint density at radius 1 is 0.857 bits per heavy atom. The van der Waals surface area contributed by atoms with Crippen LogP contribution in [0, 0.1) is 5.82 Å². The SMILES string of the molecule is COc1cncc(-c2ccc3[nH]nc(-c4nc5c(-c6cc(F)cc(OC)c6)ccnc5[nH]4)c3c2)c1. The molecule has 0 spiro atoms. The Kier molecular flexibility index (Phi) is 4.88. The molecule has 0 aliphatic heterocycles. The molecule has 0 atom stereocenters. The van der Waals surface area contributed by atoms with Crippen LogP contribution < -0.4 is 9.47 Å². The molecule has 0 fully saturated rings. The van der Waals surface area contributed by atoms with Crippen molar-refractivity contribution < 1.29 is 13.9 Å². The van der Waals surface area contributed by atoms with Crippen LogP contribution in [0.25, 0.3) is 55.8 Å². The second-order valence-corrected chi connectivity index (χ2v) is 7.97. The van der Waals surface area contributed by atoms with Gasteiger partial charge in [-0.1, -0.05) is 6.07 Å². The van der Waals surface area contributed by atoms with Crippen molar-refractivity contribution in [1.82, 2.24) is 30.1 Å². The first kappa shape index (κ1) is 20.8. The lowest BCUT2D eigenvalue weighted by atomic mass is 10.0. The normalized spacial score (nSPS) is 11.3. The number of H-pyrrole nitrogens is 2. The quantitative estimate of drug-likeness (QED) is 0.353. The van der Waals surface area contributed by atoms with Crippen molar-refractivity contribution in [1.29, 1.82) is 0 Å². The summed E-state index contributed by atoms with van der Waals surface area (Å²) in [6, 6.07) is 14.3. The van der Waals surface area contributed by atoms with E-state index < -0.39 is 5.82 Å². The van der Waals surface area contributed by atoms with Crippen LogP contribution in [-0.4, -0.2) is 44.4 Å². The average molecular weight is 466 g/mol. The van der Waals surface area contributed by atoms with E-state index >= 15 is 0 Å². The number of nitrogens with one attached hydrogen (secondary N) is 2. The highest BCUT2D eigenvalue weighted by Crippen LogP contribution is 2.34. The van der Waals surface area contributed by atoms with Crippen LogP contribution in [-0.2, 0) is 0 Å². The monoisotopic (exact) mass is 466 g/mol. The largest absolute Gasteiger partial charge is 0.497 e. The highest BCUT2D eigenvalue weighted by atomic mass is 19.1. The van der Waals surface area contributed by atoms with Gasteiger partial charge in [0.05, 0.1) is 25.9 Å². The summed E-state index contributed by atoms with van der Waals surface area (Å²) in [6.45, 7) is 0. The molecule has 9 heteroatoms. The van der Waals surface area contributed by atoms with Crippen molar-refractivity contribution in [2.24, 2.45) is 0 Å². The zero-order valence-corrected chi connectivity index (χ0v) is 18.8. The molecule has 0 aliphatic carbocycles. The molecule has 0 aliphatic rings. The smallest absolute Gasteiger partial charge is 0.160 e. The van der Waals surface area contributed by atoms with Crippen LogP contribution >= 0.6 is 0 Å². The Morgan fingerprint density at radius 3 is 2.57 bits per heavy atom. The maximum Gasteiger partial charge on any atom is 0.160 e. The van der Waals surface area contributed by atoms with Crippen molar-refractivity contribution in [3.05, 3.63) is 72.9 Å². The van der Waals surface area contributed by atoms with Crippen molar-refractivity contribution in [2.75, 3.05) is 14.2 Å². The lowest BCUT2D eigenvalue weighted by molar-refractivity contribution is 0.411. The number of hydrogen-bond acceptors (Lipinski definition) is 6. The molecule has 4 aromatic heterocycles. The van der Waals surface area contributed by atoms with Gasteiger partial charge >= 0.3 is 0 Å². The number of aromatic amines is 2. The van der Waals surface area contributed by atoms with Crippen LogP contribution in [0.15, 0.2) is 67.1 Å². The highest BCUT2D eigenvalue weighted by molar-refractivity contribution is 5.97. The van der Waals surface area contributed by atoms with Crippen LogP contribution in [0.4, 0.5) is 4.39 Å². The minimum absolute atomic E-state index is 0.391. The van der Waals surface area contributed by atoms with Crippen LogP contribution in [0.1, 0.15) is 0 Å². The third-order valence-corrected chi connectivity index (χ3v) is 5.87. The number of benzene rings is 2. The molecule has 6 aromatic rings. The average Bonchev–Trinajstić information content (AvgIpc) is 3.51. The van der Waals surface area contributed by atoms with Gasteiger partial charge in [-0.2, -0.15) is 5.10 Å². The number of nitrogens with zero attached hydrogens (tertiary/aromatic N) is 4. The van der Waals surface area contributed by atoms with Gasteiger partial charge in [-0.3, -0.25) is 10.1 Å². The Bertz CT molecular complexity index is 1710. The van der Waals surface area contributed by atoms with Gasteiger partial charge in [-0.05, 0) is 47.5 Å². The van der Waals surface area contributed by atoms with E-state index in [1.807, 2.05) is 24.3 Å². The van der Waals surface area contributed by atoms with E-state index in [1.54, 1.807) is 37.8 Å². The van der Waals surface area contributed by atoms with E-state index in [1.165, 1.54) is 19.2 Å². The summed E-state index contributed by atoms with van der Waals surface area (Å²) in [4.78, 5) is 16.7. The van der Waals surface area contributed by atoms with Gasteiger partial charge in [-0.15, -0.1) is 0 Å². The van der Waals surface area contributed by atoms with E-state index in [-0.39, 0.29) is 0 Å². The molecule has 2 aromatic carbocycles. The van der Waals surface area contributed by atoms with Gasteiger partial charge in [0.15, 0.2) is 11.5 Å². The van der Waals surface area contributed by atoms with Crippen LogP contribution in [0.3, 0.4) is 0 Å². The van der Waals surface area contributed by atoms with Crippen molar-refractivity contribution in [2.45, 2.75) is 0 Å². The van der Waals surface area contributed by atoms with Gasteiger partial charge in [0.2, 0.25) is 0 Å². The second-order valence-electron chi connectivity index (χ2n) is 7.97. The first-order valence-corrected chi connectivity index (χ1v) is 10.8.